The second-order valence-electron chi connectivity index (χ2n) is 4.61. The van der Waals surface area contributed by atoms with E-state index in [1.54, 1.807) is 13.0 Å². The molecule has 1 saturated heterocycles. The Morgan fingerprint density at radius 1 is 1.53 bits per heavy atom. The second-order valence-corrected chi connectivity index (χ2v) is 4.61. The molecule has 0 aromatic rings. The maximum Gasteiger partial charge on any atom is 0.406 e. The molecule has 1 aliphatic heterocycles. The van der Waals surface area contributed by atoms with Gasteiger partial charge in [0.1, 0.15) is 6.54 Å². The number of halogens is 3. The van der Waals surface area contributed by atoms with Crippen molar-refractivity contribution in [1.29, 1.82) is 5.26 Å². The van der Waals surface area contributed by atoms with Gasteiger partial charge in [-0.25, -0.2) is 0 Å². The molecule has 4 nitrogen and oxygen atoms in total. The van der Waals surface area contributed by atoms with Gasteiger partial charge < -0.3 is 9.64 Å². The third-order valence-corrected chi connectivity index (χ3v) is 3.10. The number of carbonyl (C=O) groups excluding carboxylic acids is 1. The number of ether oxygens (including phenoxy) is 1. The molecule has 0 aliphatic carbocycles. The van der Waals surface area contributed by atoms with Gasteiger partial charge in [0.15, 0.2) is 0 Å². The second kappa shape index (κ2) is 6.75. The van der Waals surface area contributed by atoms with Crippen LogP contribution in [0.3, 0.4) is 0 Å². The maximum absolute atomic E-state index is 12.4. The zero-order valence-electron chi connectivity index (χ0n) is 10.7. The van der Waals surface area contributed by atoms with Gasteiger partial charge in [0.2, 0.25) is 5.91 Å². The Morgan fingerprint density at radius 2 is 2.21 bits per heavy atom. The van der Waals surface area contributed by atoms with Crippen LogP contribution in [0.2, 0.25) is 0 Å². The summed E-state index contributed by atoms with van der Waals surface area (Å²) in [6.07, 6.45) is -3.74. The van der Waals surface area contributed by atoms with Crippen molar-refractivity contribution in [3.8, 4) is 6.07 Å². The molecule has 0 bridgehead atoms. The van der Waals surface area contributed by atoms with E-state index in [9.17, 15) is 18.0 Å². The first-order chi connectivity index (χ1) is 8.85. The number of amides is 1. The normalized spacial score (nSPS) is 23.7. The molecule has 1 aliphatic rings. The predicted octanol–water partition coefficient (Wildman–Crippen LogP) is 2.11. The van der Waals surface area contributed by atoms with Gasteiger partial charge in [-0.05, 0) is 19.8 Å². The monoisotopic (exact) mass is 278 g/mol. The van der Waals surface area contributed by atoms with Gasteiger partial charge in [0, 0.05) is 13.2 Å². The quantitative estimate of drug-likeness (QED) is 0.791. The minimum absolute atomic E-state index is 0.107. The fraction of sp³-hybridized carbons (Fsp3) is 0.833. The van der Waals surface area contributed by atoms with E-state index in [1.807, 2.05) is 0 Å². The number of hydrogen-bond donors (Lipinski definition) is 0. The Morgan fingerprint density at radius 3 is 2.74 bits per heavy atom. The van der Waals surface area contributed by atoms with E-state index in [2.05, 4.69) is 0 Å². The van der Waals surface area contributed by atoms with Crippen molar-refractivity contribution in [3.05, 3.63) is 0 Å². The molecule has 19 heavy (non-hydrogen) atoms. The lowest BCUT2D eigenvalue weighted by molar-refractivity contribution is -0.168. The Labute approximate surface area is 110 Å². The molecule has 1 amide bonds. The molecule has 1 heterocycles. The molecule has 1 fully saturated rings. The van der Waals surface area contributed by atoms with Gasteiger partial charge in [0.25, 0.3) is 0 Å². The summed E-state index contributed by atoms with van der Waals surface area (Å²) < 4.78 is 42.7. The highest BCUT2D eigenvalue weighted by Gasteiger charge is 2.37. The summed E-state index contributed by atoms with van der Waals surface area (Å²) >= 11 is 0. The van der Waals surface area contributed by atoms with Crippen molar-refractivity contribution in [2.45, 2.75) is 38.5 Å². The smallest absolute Gasteiger partial charge is 0.378 e. The average Bonchev–Trinajstić information content (AvgIpc) is 2.33. The Hall–Kier alpha value is -1.29. The van der Waals surface area contributed by atoms with Gasteiger partial charge in [0.05, 0.1) is 24.5 Å². The fourth-order valence-electron chi connectivity index (χ4n) is 2.15. The minimum Gasteiger partial charge on any atom is -0.378 e. The third kappa shape index (κ3) is 5.07. The Bertz CT molecular complexity index is 352. The van der Waals surface area contributed by atoms with Crippen molar-refractivity contribution in [3.63, 3.8) is 0 Å². The molecule has 2 atom stereocenters. The lowest BCUT2D eigenvalue weighted by atomic mass is 9.93. The summed E-state index contributed by atoms with van der Waals surface area (Å²) in [5.74, 6) is -1.12. The number of carbonyl (C=O) groups is 1. The van der Waals surface area contributed by atoms with Gasteiger partial charge in [-0.3, -0.25) is 4.79 Å². The van der Waals surface area contributed by atoms with Crippen LogP contribution in [0.1, 0.15) is 26.2 Å². The number of alkyl halides is 3. The van der Waals surface area contributed by atoms with E-state index in [0.29, 0.717) is 19.4 Å². The molecule has 2 unspecified atom stereocenters. The zero-order valence-corrected chi connectivity index (χ0v) is 10.7. The van der Waals surface area contributed by atoms with E-state index in [4.69, 9.17) is 10.00 Å². The first-order valence-electron chi connectivity index (χ1n) is 6.19. The van der Waals surface area contributed by atoms with Crippen LogP contribution in [0.5, 0.6) is 0 Å². The summed E-state index contributed by atoms with van der Waals surface area (Å²) in [4.78, 5) is 12.9. The molecule has 0 aromatic heterocycles. The van der Waals surface area contributed by atoms with Gasteiger partial charge in [-0.1, -0.05) is 0 Å². The van der Waals surface area contributed by atoms with Crippen molar-refractivity contribution in [2.24, 2.45) is 5.92 Å². The lowest BCUT2D eigenvalue weighted by Gasteiger charge is -2.33. The molecule has 1 rings (SSSR count). The molecule has 0 N–H and O–H groups in total. The highest BCUT2D eigenvalue weighted by atomic mass is 19.4. The largest absolute Gasteiger partial charge is 0.406 e. The molecule has 0 aromatic carbocycles. The standard InChI is InChI=1S/C12H17F3N2O2/c1-9-10(4-2-7-19-9)11(18)17(6-3-5-16)8-12(13,14)15/h9-10H,2-4,6-8H2,1H3. The molecule has 0 saturated carbocycles. The Kier molecular flexibility index (Phi) is 5.60. The predicted molar refractivity (Wildman–Crippen MR) is 61.0 cm³/mol. The summed E-state index contributed by atoms with van der Waals surface area (Å²) in [6.45, 7) is 0.717. The van der Waals surface area contributed by atoms with Crippen LogP contribution in [0.25, 0.3) is 0 Å². The highest BCUT2D eigenvalue weighted by molar-refractivity contribution is 5.79. The summed E-state index contributed by atoms with van der Waals surface area (Å²) in [5, 5.41) is 8.46. The topological polar surface area (TPSA) is 53.3 Å². The van der Waals surface area contributed by atoms with E-state index >= 15 is 0 Å². The Balaban J connectivity index is 2.72. The van der Waals surface area contributed by atoms with Crippen molar-refractivity contribution >= 4 is 5.91 Å². The third-order valence-electron chi connectivity index (χ3n) is 3.10. The SMILES string of the molecule is CC1OCCCC1C(=O)N(CCC#N)CC(F)(F)F. The first kappa shape index (κ1) is 15.8. The summed E-state index contributed by atoms with van der Waals surface area (Å²) in [7, 11) is 0. The molecule has 108 valence electrons. The van der Waals surface area contributed by atoms with Crippen LogP contribution in [0.4, 0.5) is 13.2 Å². The van der Waals surface area contributed by atoms with Gasteiger partial charge in [-0.2, -0.15) is 18.4 Å². The molecule has 0 radical (unpaired) electrons. The van der Waals surface area contributed by atoms with Crippen molar-refractivity contribution in [1.82, 2.24) is 4.90 Å². The van der Waals surface area contributed by atoms with E-state index in [1.165, 1.54) is 0 Å². The van der Waals surface area contributed by atoms with Crippen LogP contribution >= 0.6 is 0 Å². The van der Waals surface area contributed by atoms with Crippen molar-refractivity contribution < 1.29 is 22.7 Å². The number of nitriles is 1. The molecular weight excluding hydrogens is 261 g/mol. The lowest BCUT2D eigenvalue weighted by Crippen LogP contribution is -2.46. The van der Waals surface area contributed by atoms with Crippen LogP contribution in [-0.2, 0) is 9.53 Å². The first-order valence-corrected chi connectivity index (χ1v) is 6.19. The summed E-state index contributed by atoms with van der Waals surface area (Å²) in [6, 6.07) is 1.76. The molecular formula is C12H17F3N2O2. The zero-order chi connectivity index (χ0) is 14.5. The molecule has 0 spiro atoms. The van der Waals surface area contributed by atoms with Crippen LogP contribution in [0, 0.1) is 17.2 Å². The minimum atomic E-state index is -4.45. The number of rotatable bonds is 4. The van der Waals surface area contributed by atoms with Crippen LogP contribution in [0.15, 0.2) is 0 Å². The van der Waals surface area contributed by atoms with Gasteiger partial charge in [-0.15, -0.1) is 0 Å². The molecule has 7 heteroatoms. The van der Waals surface area contributed by atoms with Crippen LogP contribution < -0.4 is 0 Å². The van der Waals surface area contributed by atoms with E-state index in [0.717, 1.165) is 4.90 Å². The highest BCUT2D eigenvalue weighted by Crippen LogP contribution is 2.25. The number of hydrogen-bond acceptors (Lipinski definition) is 3. The van der Waals surface area contributed by atoms with E-state index in [-0.39, 0.29) is 19.1 Å². The number of nitrogens with zero attached hydrogens (tertiary/aromatic N) is 2. The average molecular weight is 278 g/mol. The maximum atomic E-state index is 12.4. The summed E-state index contributed by atoms with van der Waals surface area (Å²) in [5.41, 5.74) is 0. The fourth-order valence-corrected chi connectivity index (χ4v) is 2.15. The van der Waals surface area contributed by atoms with Crippen LogP contribution in [-0.4, -0.2) is 42.8 Å². The van der Waals surface area contributed by atoms with E-state index < -0.39 is 24.5 Å². The van der Waals surface area contributed by atoms with Gasteiger partial charge >= 0.3 is 6.18 Å². The van der Waals surface area contributed by atoms with Crippen molar-refractivity contribution in [2.75, 3.05) is 19.7 Å².